The van der Waals surface area contributed by atoms with Crippen LogP contribution in [0.15, 0.2) is 18.2 Å². The maximum absolute atomic E-state index is 12.1. The first kappa shape index (κ1) is 17.4. The van der Waals surface area contributed by atoms with Crippen molar-refractivity contribution < 1.29 is 9.59 Å². The molecule has 1 aliphatic heterocycles. The predicted molar refractivity (Wildman–Crippen MR) is 91.1 cm³/mol. The number of halogens is 2. The quantitative estimate of drug-likeness (QED) is 0.877. The molecule has 1 fully saturated rings. The van der Waals surface area contributed by atoms with Crippen molar-refractivity contribution in [3.63, 3.8) is 0 Å². The van der Waals surface area contributed by atoms with E-state index in [2.05, 4.69) is 0 Å². The Morgan fingerprint density at radius 2 is 1.95 bits per heavy atom. The lowest BCUT2D eigenvalue weighted by atomic mass is 9.96. The van der Waals surface area contributed by atoms with E-state index >= 15 is 0 Å². The van der Waals surface area contributed by atoms with Gasteiger partial charge in [0.1, 0.15) is 0 Å². The third kappa shape index (κ3) is 4.80. The summed E-state index contributed by atoms with van der Waals surface area (Å²) in [7, 11) is 0. The molecule has 2 N–H and O–H groups in total. The second-order valence-corrected chi connectivity index (χ2v) is 7.12. The Morgan fingerprint density at radius 3 is 2.55 bits per heavy atom. The van der Waals surface area contributed by atoms with Crippen molar-refractivity contribution in [2.75, 3.05) is 18.8 Å². The predicted octanol–water partition coefficient (Wildman–Crippen LogP) is 2.95. The highest BCUT2D eigenvalue weighted by Gasteiger charge is 2.25. The zero-order valence-electron chi connectivity index (χ0n) is 12.1. The molecule has 1 aliphatic rings. The molecule has 1 saturated heterocycles. The van der Waals surface area contributed by atoms with Crippen LogP contribution >= 0.6 is 35.0 Å². The number of piperidine rings is 1. The average Bonchev–Trinajstić information content (AvgIpc) is 2.49. The molecule has 0 unspecified atom stereocenters. The largest absolute Gasteiger partial charge is 0.369 e. The third-order valence-corrected chi connectivity index (χ3v) is 5.30. The van der Waals surface area contributed by atoms with Gasteiger partial charge in [0.25, 0.3) is 0 Å². The van der Waals surface area contributed by atoms with Crippen LogP contribution in [0.2, 0.25) is 10.0 Å². The van der Waals surface area contributed by atoms with Crippen LogP contribution in [0.25, 0.3) is 0 Å². The van der Waals surface area contributed by atoms with Gasteiger partial charge in [-0.05, 0) is 30.5 Å². The van der Waals surface area contributed by atoms with Crippen molar-refractivity contribution in [3.8, 4) is 0 Å². The van der Waals surface area contributed by atoms with Crippen molar-refractivity contribution in [1.29, 1.82) is 0 Å². The van der Waals surface area contributed by atoms with E-state index in [1.807, 2.05) is 6.07 Å². The van der Waals surface area contributed by atoms with Gasteiger partial charge >= 0.3 is 0 Å². The lowest BCUT2D eigenvalue weighted by Gasteiger charge is -2.30. The van der Waals surface area contributed by atoms with Gasteiger partial charge in [-0.15, -0.1) is 11.8 Å². The smallest absolute Gasteiger partial charge is 0.232 e. The van der Waals surface area contributed by atoms with E-state index in [1.165, 1.54) is 11.8 Å². The monoisotopic (exact) mass is 360 g/mol. The van der Waals surface area contributed by atoms with Crippen molar-refractivity contribution in [2.45, 2.75) is 18.6 Å². The van der Waals surface area contributed by atoms with Gasteiger partial charge in [-0.2, -0.15) is 0 Å². The highest BCUT2D eigenvalue weighted by Crippen LogP contribution is 2.25. The van der Waals surface area contributed by atoms with Gasteiger partial charge in [-0.1, -0.05) is 29.3 Å². The minimum Gasteiger partial charge on any atom is -0.369 e. The average molecular weight is 361 g/mol. The molecule has 1 aromatic carbocycles. The number of carbonyl (C=O) groups excluding carboxylic acids is 2. The standard InChI is InChI=1S/C15H18Cl2N2O2S/c16-12-2-1-11(13(17)7-12)8-22-9-14(20)19-5-3-10(4-6-19)15(18)21/h1-2,7,10H,3-6,8-9H2,(H2,18,21). The molecule has 2 amide bonds. The maximum atomic E-state index is 12.1. The minimum absolute atomic E-state index is 0.0930. The number of thioether (sulfide) groups is 1. The van der Waals surface area contributed by atoms with Gasteiger partial charge in [0.15, 0.2) is 0 Å². The molecule has 22 heavy (non-hydrogen) atoms. The zero-order valence-corrected chi connectivity index (χ0v) is 14.4. The Kier molecular flexibility index (Phi) is 6.41. The second-order valence-electron chi connectivity index (χ2n) is 5.29. The highest BCUT2D eigenvalue weighted by atomic mass is 35.5. The molecule has 2 rings (SSSR count). The molecule has 7 heteroatoms. The fraction of sp³-hybridized carbons (Fsp3) is 0.467. The van der Waals surface area contributed by atoms with E-state index < -0.39 is 0 Å². The van der Waals surface area contributed by atoms with Gasteiger partial charge in [0, 0.05) is 34.8 Å². The molecule has 0 spiro atoms. The first-order valence-corrected chi connectivity index (χ1v) is 8.97. The molecular weight excluding hydrogens is 343 g/mol. The SMILES string of the molecule is NC(=O)C1CCN(C(=O)CSCc2ccc(Cl)cc2Cl)CC1. The van der Waals surface area contributed by atoms with Gasteiger partial charge in [-0.25, -0.2) is 0 Å². The Bertz CT molecular complexity index is 560. The summed E-state index contributed by atoms with van der Waals surface area (Å²) < 4.78 is 0. The van der Waals surface area contributed by atoms with E-state index in [1.54, 1.807) is 17.0 Å². The fourth-order valence-corrected chi connectivity index (χ4v) is 3.88. The first-order valence-electron chi connectivity index (χ1n) is 7.06. The van der Waals surface area contributed by atoms with Gasteiger partial charge in [0.05, 0.1) is 5.75 Å². The number of likely N-dealkylation sites (tertiary alicyclic amines) is 1. The third-order valence-electron chi connectivity index (χ3n) is 3.75. The van der Waals surface area contributed by atoms with E-state index in [0.29, 0.717) is 47.5 Å². The molecule has 0 bridgehead atoms. The number of amides is 2. The summed E-state index contributed by atoms with van der Waals surface area (Å²) in [6.45, 7) is 1.21. The molecule has 0 atom stereocenters. The molecule has 0 aromatic heterocycles. The second kappa shape index (κ2) is 8.09. The Balaban J connectivity index is 1.75. The summed E-state index contributed by atoms with van der Waals surface area (Å²) in [5, 5.41) is 1.22. The fourth-order valence-electron chi connectivity index (χ4n) is 2.39. The molecule has 0 aliphatic carbocycles. The lowest BCUT2D eigenvalue weighted by molar-refractivity contribution is -0.132. The number of hydrogen-bond acceptors (Lipinski definition) is 3. The molecular formula is C15H18Cl2N2O2S. The number of benzene rings is 1. The van der Waals surface area contributed by atoms with Crippen LogP contribution in [-0.4, -0.2) is 35.6 Å². The topological polar surface area (TPSA) is 63.4 Å². The van der Waals surface area contributed by atoms with Crippen LogP contribution in [0.5, 0.6) is 0 Å². The minimum atomic E-state index is -0.265. The van der Waals surface area contributed by atoms with Crippen LogP contribution in [0.4, 0.5) is 0 Å². The summed E-state index contributed by atoms with van der Waals surface area (Å²) in [5.41, 5.74) is 6.26. The Hall–Kier alpha value is -0.910. The summed E-state index contributed by atoms with van der Waals surface area (Å²) in [4.78, 5) is 25.0. The van der Waals surface area contributed by atoms with Crippen LogP contribution in [0.3, 0.4) is 0 Å². The van der Waals surface area contributed by atoms with Gasteiger partial charge < -0.3 is 10.6 Å². The normalized spacial score (nSPS) is 15.8. The van der Waals surface area contributed by atoms with Gasteiger partial charge in [0.2, 0.25) is 11.8 Å². The van der Waals surface area contributed by atoms with Crippen LogP contribution < -0.4 is 5.73 Å². The Morgan fingerprint density at radius 1 is 1.27 bits per heavy atom. The van der Waals surface area contributed by atoms with Crippen molar-refractivity contribution in [3.05, 3.63) is 33.8 Å². The van der Waals surface area contributed by atoms with Crippen LogP contribution in [0.1, 0.15) is 18.4 Å². The number of nitrogens with two attached hydrogens (primary N) is 1. The molecule has 0 saturated carbocycles. The van der Waals surface area contributed by atoms with E-state index in [9.17, 15) is 9.59 Å². The van der Waals surface area contributed by atoms with E-state index in [0.717, 1.165) is 5.56 Å². The van der Waals surface area contributed by atoms with E-state index in [4.69, 9.17) is 28.9 Å². The molecule has 120 valence electrons. The highest BCUT2D eigenvalue weighted by molar-refractivity contribution is 7.99. The maximum Gasteiger partial charge on any atom is 0.232 e. The summed E-state index contributed by atoms with van der Waals surface area (Å²) in [6, 6.07) is 5.37. The van der Waals surface area contributed by atoms with Crippen molar-refractivity contribution in [1.82, 2.24) is 4.90 Å². The zero-order chi connectivity index (χ0) is 16.1. The Labute approximate surface area is 144 Å². The summed E-state index contributed by atoms with van der Waals surface area (Å²) in [5.74, 6) is 0.807. The molecule has 0 radical (unpaired) electrons. The number of primary amides is 1. The van der Waals surface area contributed by atoms with Crippen molar-refractivity contribution in [2.24, 2.45) is 11.7 Å². The molecule has 4 nitrogen and oxygen atoms in total. The summed E-state index contributed by atoms with van der Waals surface area (Å²) in [6.07, 6.45) is 1.32. The van der Waals surface area contributed by atoms with E-state index in [-0.39, 0.29) is 17.7 Å². The van der Waals surface area contributed by atoms with Crippen molar-refractivity contribution >= 4 is 46.8 Å². The first-order chi connectivity index (χ1) is 10.5. The molecule has 1 aromatic rings. The number of carbonyl (C=O) groups is 2. The lowest BCUT2D eigenvalue weighted by Crippen LogP contribution is -2.42. The summed E-state index contributed by atoms with van der Waals surface area (Å²) >= 11 is 13.5. The van der Waals surface area contributed by atoms with Gasteiger partial charge in [-0.3, -0.25) is 9.59 Å². The number of hydrogen-bond donors (Lipinski definition) is 1. The van der Waals surface area contributed by atoms with Crippen LogP contribution in [-0.2, 0) is 15.3 Å². The number of nitrogens with zero attached hydrogens (tertiary/aromatic N) is 1. The molecule has 1 heterocycles. The van der Waals surface area contributed by atoms with Crippen LogP contribution in [0, 0.1) is 5.92 Å². The number of rotatable bonds is 5.